The summed E-state index contributed by atoms with van der Waals surface area (Å²) in [5.74, 6) is -0.641. The zero-order valence-electron chi connectivity index (χ0n) is 10.8. The lowest BCUT2D eigenvalue weighted by molar-refractivity contribution is -0.264. The molecule has 6 heteroatoms. The predicted molar refractivity (Wildman–Crippen MR) is 66.7 cm³/mol. The van der Waals surface area contributed by atoms with Crippen molar-refractivity contribution in [2.24, 2.45) is 5.92 Å². The van der Waals surface area contributed by atoms with Crippen LogP contribution in [-0.4, -0.2) is 23.7 Å². The Morgan fingerprint density at radius 2 is 1.85 bits per heavy atom. The number of amides is 1. The van der Waals surface area contributed by atoms with Gasteiger partial charge in [-0.2, -0.15) is 13.2 Å². The number of rotatable bonds is 4. The van der Waals surface area contributed by atoms with Crippen LogP contribution in [0.2, 0.25) is 0 Å². The topological polar surface area (TPSA) is 49.3 Å². The molecule has 2 rings (SSSR count). The number of halogens is 3. The summed E-state index contributed by atoms with van der Waals surface area (Å²) in [5.41, 5.74) is -3.34. The van der Waals surface area contributed by atoms with Gasteiger partial charge in [0.1, 0.15) is 0 Å². The van der Waals surface area contributed by atoms with Gasteiger partial charge in [-0.1, -0.05) is 36.8 Å². The third-order valence-corrected chi connectivity index (χ3v) is 3.71. The summed E-state index contributed by atoms with van der Waals surface area (Å²) < 4.78 is 39.4. The van der Waals surface area contributed by atoms with Gasteiger partial charge in [-0.15, -0.1) is 0 Å². The summed E-state index contributed by atoms with van der Waals surface area (Å²) >= 11 is 0. The summed E-state index contributed by atoms with van der Waals surface area (Å²) in [6.07, 6.45) is -2.55. The van der Waals surface area contributed by atoms with Crippen LogP contribution in [0.5, 0.6) is 0 Å². The molecule has 1 amide bonds. The molecule has 1 aromatic rings. The van der Waals surface area contributed by atoms with Crippen molar-refractivity contribution in [3.05, 3.63) is 35.9 Å². The van der Waals surface area contributed by atoms with Crippen LogP contribution >= 0.6 is 0 Å². The molecule has 1 aliphatic rings. The number of alkyl halides is 3. The molecule has 20 heavy (non-hydrogen) atoms. The Kier molecular flexibility index (Phi) is 4.04. The Hall–Kier alpha value is -1.56. The van der Waals surface area contributed by atoms with E-state index in [4.69, 9.17) is 0 Å². The Balaban J connectivity index is 2.13. The van der Waals surface area contributed by atoms with Crippen molar-refractivity contribution in [1.29, 1.82) is 0 Å². The molecule has 2 N–H and O–H groups in total. The van der Waals surface area contributed by atoms with E-state index in [0.29, 0.717) is 12.8 Å². The van der Waals surface area contributed by atoms with Crippen molar-refractivity contribution in [3.8, 4) is 0 Å². The summed E-state index contributed by atoms with van der Waals surface area (Å²) in [5, 5.41) is 12.2. The lowest BCUT2D eigenvalue weighted by Crippen LogP contribution is -2.52. The van der Waals surface area contributed by atoms with Gasteiger partial charge in [0.2, 0.25) is 11.5 Å². The van der Waals surface area contributed by atoms with Crippen molar-refractivity contribution in [3.63, 3.8) is 0 Å². The minimum Gasteiger partial charge on any atom is -0.375 e. The first-order chi connectivity index (χ1) is 9.34. The maximum Gasteiger partial charge on any atom is 0.423 e. The zero-order valence-corrected chi connectivity index (χ0v) is 10.8. The van der Waals surface area contributed by atoms with Crippen LogP contribution in [0.4, 0.5) is 13.2 Å². The van der Waals surface area contributed by atoms with Gasteiger partial charge in [-0.05, 0) is 18.4 Å². The van der Waals surface area contributed by atoms with Crippen molar-refractivity contribution in [2.75, 3.05) is 6.54 Å². The van der Waals surface area contributed by atoms with Crippen LogP contribution in [-0.2, 0) is 10.4 Å². The van der Waals surface area contributed by atoms with Gasteiger partial charge in [-0.25, -0.2) is 0 Å². The lowest BCUT2D eigenvalue weighted by Gasteiger charge is -2.32. The first kappa shape index (κ1) is 14.8. The highest BCUT2D eigenvalue weighted by molar-refractivity contribution is 5.79. The molecule has 0 bridgehead atoms. The summed E-state index contributed by atoms with van der Waals surface area (Å²) in [4.78, 5) is 11.6. The van der Waals surface area contributed by atoms with Crippen LogP contribution < -0.4 is 5.32 Å². The molecule has 0 aromatic heterocycles. The highest BCUT2D eigenvalue weighted by Crippen LogP contribution is 2.38. The van der Waals surface area contributed by atoms with Crippen LogP contribution in [0.25, 0.3) is 0 Å². The fourth-order valence-corrected chi connectivity index (χ4v) is 2.11. The SMILES string of the molecule is O=C(NC[C@@](O)(c1ccccc1)C(F)(F)F)C1CCC1. The smallest absolute Gasteiger partial charge is 0.375 e. The Morgan fingerprint density at radius 3 is 2.30 bits per heavy atom. The van der Waals surface area contributed by atoms with Gasteiger partial charge in [0.05, 0.1) is 6.54 Å². The average Bonchev–Trinajstić information content (AvgIpc) is 2.33. The van der Waals surface area contributed by atoms with Crippen molar-refractivity contribution in [1.82, 2.24) is 5.32 Å². The second kappa shape index (κ2) is 5.44. The van der Waals surface area contributed by atoms with Gasteiger partial charge >= 0.3 is 6.18 Å². The van der Waals surface area contributed by atoms with E-state index in [9.17, 15) is 23.1 Å². The molecule has 1 aromatic carbocycles. The molecule has 1 fully saturated rings. The fraction of sp³-hybridized carbons (Fsp3) is 0.500. The second-order valence-corrected chi connectivity index (χ2v) is 5.07. The van der Waals surface area contributed by atoms with Gasteiger partial charge in [0, 0.05) is 5.92 Å². The number of aliphatic hydroxyl groups is 1. The van der Waals surface area contributed by atoms with Gasteiger partial charge in [0.25, 0.3) is 0 Å². The number of carbonyl (C=O) groups is 1. The van der Waals surface area contributed by atoms with E-state index in [-0.39, 0.29) is 11.5 Å². The minimum absolute atomic E-state index is 0.219. The molecule has 0 spiro atoms. The molecular weight excluding hydrogens is 271 g/mol. The maximum absolute atomic E-state index is 13.1. The number of nitrogens with one attached hydrogen (secondary N) is 1. The summed E-state index contributed by atoms with van der Waals surface area (Å²) in [6, 6.07) is 6.79. The number of hydrogen-bond donors (Lipinski definition) is 2. The largest absolute Gasteiger partial charge is 0.423 e. The Bertz CT molecular complexity index is 471. The number of benzene rings is 1. The molecule has 1 aliphatic carbocycles. The molecule has 1 saturated carbocycles. The van der Waals surface area contributed by atoms with E-state index in [0.717, 1.165) is 6.42 Å². The van der Waals surface area contributed by atoms with E-state index in [1.165, 1.54) is 24.3 Å². The van der Waals surface area contributed by atoms with E-state index in [1.807, 2.05) is 0 Å². The zero-order chi connectivity index (χ0) is 14.8. The molecule has 0 radical (unpaired) electrons. The van der Waals surface area contributed by atoms with Crippen LogP contribution in [0.15, 0.2) is 30.3 Å². The molecule has 1 atom stereocenters. The number of hydrogen-bond acceptors (Lipinski definition) is 2. The van der Waals surface area contributed by atoms with Crippen molar-refractivity contribution < 1.29 is 23.1 Å². The molecule has 0 saturated heterocycles. The number of carbonyl (C=O) groups excluding carboxylic acids is 1. The summed E-state index contributed by atoms with van der Waals surface area (Å²) in [6.45, 7) is -0.865. The molecular formula is C14H16F3NO2. The van der Waals surface area contributed by atoms with E-state index in [1.54, 1.807) is 6.07 Å². The quantitative estimate of drug-likeness (QED) is 0.893. The standard InChI is InChI=1S/C14H16F3NO2/c15-14(16,17)13(20,11-7-2-1-3-8-11)9-18-12(19)10-5-4-6-10/h1-3,7-8,10,20H,4-6,9H2,(H,18,19)/t13-/m1/s1. The van der Waals surface area contributed by atoms with E-state index < -0.39 is 24.2 Å². The molecule has 110 valence electrons. The molecule has 0 heterocycles. The molecule has 0 unspecified atom stereocenters. The van der Waals surface area contributed by atoms with Gasteiger partial charge in [0.15, 0.2) is 0 Å². The molecule has 0 aliphatic heterocycles. The van der Waals surface area contributed by atoms with Gasteiger partial charge in [-0.3, -0.25) is 4.79 Å². The Labute approximate surface area is 114 Å². The summed E-state index contributed by atoms with van der Waals surface area (Å²) in [7, 11) is 0. The predicted octanol–water partition coefficient (Wildman–Crippen LogP) is 2.35. The second-order valence-electron chi connectivity index (χ2n) is 5.07. The first-order valence-electron chi connectivity index (χ1n) is 6.47. The van der Waals surface area contributed by atoms with E-state index in [2.05, 4.69) is 5.32 Å². The van der Waals surface area contributed by atoms with Crippen LogP contribution in [0.3, 0.4) is 0 Å². The van der Waals surface area contributed by atoms with Crippen LogP contribution in [0, 0.1) is 5.92 Å². The lowest BCUT2D eigenvalue weighted by atomic mass is 9.84. The van der Waals surface area contributed by atoms with E-state index >= 15 is 0 Å². The maximum atomic E-state index is 13.1. The van der Waals surface area contributed by atoms with Crippen LogP contribution in [0.1, 0.15) is 24.8 Å². The van der Waals surface area contributed by atoms with Gasteiger partial charge < -0.3 is 10.4 Å². The third-order valence-electron chi connectivity index (χ3n) is 3.71. The minimum atomic E-state index is -4.86. The van der Waals surface area contributed by atoms with Crippen molar-refractivity contribution >= 4 is 5.91 Å². The highest BCUT2D eigenvalue weighted by atomic mass is 19.4. The molecule has 3 nitrogen and oxygen atoms in total. The highest BCUT2D eigenvalue weighted by Gasteiger charge is 2.55. The average molecular weight is 287 g/mol. The normalized spacial score (nSPS) is 19.0. The first-order valence-corrected chi connectivity index (χ1v) is 6.47. The third kappa shape index (κ3) is 2.80. The monoisotopic (exact) mass is 287 g/mol. The Morgan fingerprint density at radius 1 is 1.25 bits per heavy atom. The van der Waals surface area contributed by atoms with Crippen molar-refractivity contribution in [2.45, 2.75) is 31.0 Å². The fourth-order valence-electron chi connectivity index (χ4n) is 2.11.